The van der Waals surface area contributed by atoms with Crippen molar-refractivity contribution in [3.05, 3.63) is 29.8 Å². The zero-order valence-corrected chi connectivity index (χ0v) is 13.4. The molecular formula is C16H16N8O. The number of morpholine rings is 1. The molecule has 2 aromatic heterocycles. The average molecular weight is 336 g/mol. The lowest BCUT2D eigenvalue weighted by molar-refractivity contribution is 0.0372. The number of anilines is 3. The molecule has 0 bridgehead atoms. The number of hydrogen-bond acceptors (Lipinski definition) is 9. The van der Waals surface area contributed by atoms with Crippen molar-refractivity contribution in [2.75, 3.05) is 36.9 Å². The molecule has 0 aliphatic carbocycles. The van der Waals surface area contributed by atoms with Crippen LogP contribution >= 0.6 is 0 Å². The second-order valence-corrected chi connectivity index (χ2v) is 5.24. The third-order valence-electron chi connectivity index (χ3n) is 3.48. The monoisotopic (exact) mass is 336 g/mol. The zero-order valence-electron chi connectivity index (χ0n) is 13.4. The van der Waals surface area contributed by atoms with E-state index in [2.05, 4.69) is 42.0 Å². The van der Waals surface area contributed by atoms with Crippen molar-refractivity contribution in [3.63, 3.8) is 0 Å². The van der Waals surface area contributed by atoms with Gasteiger partial charge in [-0.15, -0.1) is 16.6 Å². The Bertz CT molecular complexity index is 802. The highest BCUT2D eigenvalue weighted by Crippen LogP contribution is 2.18. The molecule has 0 amide bonds. The summed E-state index contributed by atoms with van der Waals surface area (Å²) < 4.78 is 5.65. The van der Waals surface area contributed by atoms with E-state index in [0.717, 1.165) is 13.1 Å². The van der Waals surface area contributed by atoms with Gasteiger partial charge in [-0.2, -0.15) is 5.26 Å². The van der Waals surface area contributed by atoms with Gasteiger partial charge in [-0.25, -0.2) is 9.97 Å². The number of nitriles is 1. The number of aromatic nitrogens is 4. The van der Waals surface area contributed by atoms with Crippen LogP contribution in [0.3, 0.4) is 0 Å². The van der Waals surface area contributed by atoms with Crippen molar-refractivity contribution in [1.82, 2.24) is 25.5 Å². The number of nitrogens with zero attached hydrogens (tertiary/aromatic N) is 5. The van der Waals surface area contributed by atoms with E-state index < -0.39 is 0 Å². The summed E-state index contributed by atoms with van der Waals surface area (Å²) in [5.74, 6) is 3.42. The highest BCUT2D eigenvalue weighted by molar-refractivity contribution is 5.62. The van der Waals surface area contributed by atoms with E-state index in [1.54, 1.807) is 6.07 Å². The number of nitrogens with one attached hydrogen (secondary N) is 3. The minimum atomic E-state index is 0.0633. The van der Waals surface area contributed by atoms with Gasteiger partial charge in [0.2, 0.25) is 0 Å². The molecule has 2 aromatic rings. The zero-order chi connectivity index (χ0) is 17.5. The molecule has 9 nitrogen and oxygen atoms in total. The lowest BCUT2D eigenvalue weighted by Gasteiger charge is -2.24. The Kier molecular flexibility index (Phi) is 5.32. The first kappa shape index (κ1) is 16.6. The van der Waals surface area contributed by atoms with Crippen LogP contribution in [0.25, 0.3) is 0 Å². The second kappa shape index (κ2) is 8.02. The lowest BCUT2D eigenvalue weighted by atomic mass is 10.2. The third kappa shape index (κ3) is 4.38. The molecule has 1 aliphatic heterocycles. The Morgan fingerprint density at radius 2 is 2.24 bits per heavy atom. The van der Waals surface area contributed by atoms with Gasteiger partial charge in [0, 0.05) is 25.7 Å². The largest absolute Gasteiger partial charge is 0.380 e. The maximum Gasteiger partial charge on any atom is 0.158 e. The molecule has 1 aliphatic rings. The van der Waals surface area contributed by atoms with Crippen LogP contribution in [0, 0.1) is 23.7 Å². The number of terminal acetylenes is 1. The molecular weight excluding hydrogens is 320 g/mol. The normalized spacial score (nSPS) is 16.5. The van der Waals surface area contributed by atoms with Gasteiger partial charge in [0.25, 0.3) is 0 Å². The van der Waals surface area contributed by atoms with Crippen molar-refractivity contribution in [3.8, 4) is 18.4 Å². The predicted octanol–water partition coefficient (Wildman–Crippen LogP) is 0.263. The Morgan fingerprint density at radius 3 is 2.92 bits per heavy atom. The fourth-order valence-electron chi connectivity index (χ4n) is 2.25. The van der Waals surface area contributed by atoms with Crippen molar-refractivity contribution >= 4 is 17.3 Å². The third-order valence-corrected chi connectivity index (χ3v) is 3.48. The summed E-state index contributed by atoms with van der Waals surface area (Å²) in [5, 5.41) is 26.3. The van der Waals surface area contributed by atoms with Crippen molar-refractivity contribution in [2.45, 2.75) is 6.10 Å². The van der Waals surface area contributed by atoms with Crippen LogP contribution in [-0.2, 0) is 4.74 Å². The minimum Gasteiger partial charge on any atom is -0.380 e. The van der Waals surface area contributed by atoms with E-state index in [-0.39, 0.29) is 11.8 Å². The molecule has 1 fully saturated rings. The summed E-state index contributed by atoms with van der Waals surface area (Å²) >= 11 is 0. The fraction of sp³-hybridized carbons (Fsp3) is 0.312. The van der Waals surface area contributed by atoms with Gasteiger partial charge in [-0.05, 0) is 5.92 Å². The SMILES string of the molecule is C#Cc1nnc(Nc2cnc(C#N)cn2)cc1NCC1CNCCO1. The number of hydrogen-bond donors (Lipinski definition) is 3. The molecule has 0 spiro atoms. The first-order chi connectivity index (χ1) is 12.3. The van der Waals surface area contributed by atoms with Crippen LogP contribution in [0.5, 0.6) is 0 Å². The number of ether oxygens (including phenoxy) is 1. The van der Waals surface area contributed by atoms with Crippen molar-refractivity contribution in [1.29, 1.82) is 5.26 Å². The minimum absolute atomic E-state index is 0.0633. The first-order valence-electron chi connectivity index (χ1n) is 7.68. The quantitative estimate of drug-likeness (QED) is 0.660. The molecule has 25 heavy (non-hydrogen) atoms. The molecule has 1 atom stereocenters. The highest BCUT2D eigenvalue weighted by atomic mass is 16.5. The summed E-state index contributed by atoms with van der Waals surface area (Å²) in [5.41, 5.74) is 1.33. The van der Waals surface area contributed by atoms with Crippen LogP contribution < -0.4 is 16.0 Å². The lowest BCUT2D eigenvalue weighted by Crippen LogP contribution is -2.42. The van der Waals surface area contributed by atoms with Crippen LogP contribution in [0.1, 0.15) is 11.4 Å². The van der Waals surface area contributed by atoms with Gasteiger partial charge < -0.3 is 20.7 Å². The van der Waals surface area contributed by atoms with Gasteiger partial charge in [-0.1, -0.05) is 0 Å². The van der Waals surface area contributed by atoms with E-state index in [9.17, 15) is 0 Å². The molecule has 3 rings (SSSR count). The van der Waals surface area contributed by atoms with Gasteiger partial charge >= 0.3 is 0 Å². The maximum absolute atomic E-state index is 8.74. The standard InChI is InChI=1S/C16H16N8O/c1-2-13-14(20-9-12-8-18-3-4-25-12)5-15(24-23-13)22-16-10-19-11(6-17)7-21-16/h1,5,7,10,12,18H,3-4,8-9H2,(H2,20,21,22,24). The Hall–Kier alpha value is -3.27. The molecule has 9 heteroatoms. The number of rotatable bonds is 5. The van der Waals surface area contributed by atoms with Crippen molar-refractivity contribution < 1.29 is 4.74 Å². The smallest absolute Gasteiger partial charge is 0.158 e. The first-order valence-corrected chi connectivity index (χ1v) is 7.68. The summed E-state index contributed by atoms with van der Waals surface area (Å²) in [6.45, 7) is 2.93. The molecule has 0 saturated carbocycles. The Labute approximate surface area is 144 Å². The van der Waals surface area contributed by atoms with Gasteiger partial charge in [0.15, 0.2) is 17.2 Å². The summed E-state index contributed by atoms with van der Waals surface area (Å²) in [7, 11) is 0. The van der Waals surface area contributed by atoms with Gasteiger partial charge in [-0.3, -0.25) is 0 Å². The Morgan fingerprint density at radius 1 is 1.32 bits per heavy atom. The van der Waals surface area contributed by atoms with Gasteiger partial charge in [0.05, 0.1) is 30.8 Å². The second-order valence-electron chi connectivity index (χ2n) is 5.24. The summed E-state index contributed by atoms with van der Waals surface area (Å²) in [4.78, 5) is 8.02. The van der Waals surface area contributed by atoms with Gasteiger partial charge in [0.1, 0.15) is 11.9 Å². The maximum atomic E-state index is 8.74. The molecule has 126 valence electrons. The van der Waals surface area contributed by atoms with Crippen molar-refractivity contribution in [2.24, 2.45) is 0 Å². The molecule has 1 saturated heterocycles. The fourth-order valence-corrected chi connectivity index (χ4v) is 2.25. The summed E-state index contributed by atoms with van der Waals surface area (Å²) in [6, 6.07) is 3.66. The van der Waals surface area contributed by atoms with Crippen LogP contribution in [0.2, 0.25) is 0 Å². The van der Waals surface area contributed by atoms with E-state index in [1.807, 2.05) is 6.07 Å². The molecule has 0 radical (unpaired) electrons. The molecule has 0 aromatic carbocycles. The molecule has 3 N–H and O–H groups in total. The predicted molar refractivity (Wildman–Crippen MR) is 91.1 cm³/mol. The van der Waals surface area contributed by atoms with Crippen LogP contribution in [-0.4, -0.2) is 52.5 Å². The molecule has 3 heterocycles. The Balaban J connectivity index is 1.70. The highest BCUT2D eigenvalue weighted by Gasteiger charge is 2.14. The van der Waals surface area contributed by atoms with E-state index in [1.165, 1.54) is 12.4 Å². The van der Waals surface area contributed by atoms with E-state index >= 15 is 0 Å². The topological polar surface area (TPSA) is 121 Å². The van der Waals surface area contributed by atoms with Crippen LogP contribution in [0.4, 0.5) is 17.3 Å². The van der Waals surface area contributed by atoms with Crippen LogP contribution in [0.15, 0.2) is 18.5 Å². The van der Waals surface area contributed by atoms with E-state index in [0.29, 0.717) is 36.2 Å². The molecule has 1 unspecified atom stereocenters. The van der Waals surface area contributed by atoms with E-state index in [4.69, 9.17) is 16.4 Å². The average Bonchev–Trinajstić information content (AvgIpc) is 2.68. The summed E-state index contributed by atoms with van der Waals surface area (Å²) in [6.07, 6.45) is 8.37.